The minimum atomic E-state index is -7.92. The van der Waals surface area contributed by atoms with Gasteiger partial charge in [-0.3, -0.25) is 4.79 Å². The van der Waals surface area contributed by atoms with Crippen molar-refractivity contribution in [2.45, 2.75) is 154 Å². The van der Waals surface area contributed by atoms with Crippen LogP contribution in [0.4, 0.5) is 66.7 Å². The zero-order valence-corrected chi connectivity index (χ0v) is 40.4. The molecule has 64 heavy (non-hydrogen) atoms. The van der Waals surface area contributed by atoms with Gasteiger partial charge in [0.05, 0.1) is 13.2 Å². The molecule has 0 aliphatic heterocycles. The first kappa shape index (κ1) is 61.7. The second-order valence-corrected chi connectivity index (χ2v) is 26.8. The molecule has 378 valence electrons. The lowest BCUT2D eigenvalue weighted by molar-refractivity contribution is -0.440. The van der Waals surface area contributed by atoms with Crippen molar-refractivity contribution >= 4 is 45.9 Å². The zero-order valence-electron chi connectivity index (χ0n) is 37.6. The summed E-state index contributed by atoms with van der Waals surface area (Å²) in [6, 6.07) is -0.142. The van der Waals surface area contributed by atoms with E-state index in [4.69, 9.17) is 22.8 Å². The number of alkyl carbamates (subject to hydrolysis) is 1. The van der Waals surface area contributed by atoms with Crippen LogP contribution >= 0.6 is 11.8 Å². The molecule has 26 heteroatoms. The van der Waals surface area contributed by atoms with Crippen molar-refractivity contribution in [3.05, 3.63) is 12.7 Å². The van der Waals surface area contributed by atoms with Crippen LogP contribution in [0.5, 0.6) is 0 Å². The van der Waals surface area contributed by atoms with Crippen LogP contribution in [-0.4, -0.2) is 121 Å². The number of esters is 1. The normalized spacial score (nSPS) is 18.9. The summed E-state index contributed by atoms with van der Waals surface area (Å²) in [7, 11) is -5.29. The van der Waals surface area contributed by atoms with Crippen molar-refractivity contribution in [3.8, 4) is 0 Å². The summed E-state index contributed by atoms with van der Waals surface area (Å²) in [6.45, 7) is 20.9. The van der Waals surface area contributed by atoms with Crippen molar-refractivity contribution < 1.29 is 94.2 Å². The van der Waals surface area contributed by atoms with Gasteiger partial charge in [0, 0.05) is 71.2 Å². The topological polar surface area (TPSA) is 121 Å². The fourth-order valence-electron chi connectivity index (χ4n) is 6.91. The highest BCUT2D eigenvalue weighted by Gasteiger charge is 2.90. The zero-order chi connectivity index (χ0) is 50.3. The van der Waals surface area contributed by atoms with E-state index in [0.29, 0.717) is 13.0 Å². The highest BCUT2D eigenvalue weighted by Crippen LogP contribution is 2.61. The van der Waals surface area contributed by atoms with Gasteiger partial charge in [0.2, 0.25) is 0 Å². The predicted molar refractivity (Wildman–Crippen MR) is 219 cm³/mol. The van der Waals surface area contributed by atoms with E-state index in [1.165, 1.54) is 38.6 Å². The van der Waals surface area contributed by atoms with Gasteiger partial charge in [0.25, 0.3) is 5.24 Å². The summed E-state index contributed by atoms with van der Waals surface area (Å²) in [5.41, 5.74) is -0.0633. The Morgan fingerprint density at radius 3 is 1.70 bits per heavy atom. The molecule has 0 heterocycles. The summed E-state index contributed by atoms with van der Waals surface area (Å²) in [5, 5.41) is 6.13. The number of alkyl halides is 13. The third-order valence-corrected chi connectivity index (χ3v) is 15.3. The maximum absolute atomic E-state index is 13.9. The fraction of sp³-hybridized carbons (Fsp3) is 0.868. The number of thioether (sulfide) groups is 1. The molecule has 0 aromatic rings. The molecular weight excluding hydrogens is 948 g/mol. The van der Waals surface area contributed by atoms with Crippen molar-refractivity contribution in [2.24, 2.45) is 10.8 Å². The van der Waals surface area contributed by atoms with Crippen molar-refractivity contribution in [1.29, 1.82) is 0 Å². The first-order valence-electron chi connectivity index (χ1n) is 20.4. The van der Waals surface area contributed by atoms with Crippen LogP contribution in [0.3, 0.4) is 0 Å². The summed E-state index contributed by atoms with van der Waals surface area (Å²) < 4.78 is 196. The lowest BCUT2D eigenvalue weighted by atomic mass is 9.62. The number of hydrogen-bond acceptors (Lipinski definition) is 9. The van der Waals surface area contributed by atoms with Gasteiger partial charge in [-0.1, -0.05) is 64.8 Å². The molecular formula is C38H63F13N2O8SSi2. The number of carbonyl (C=O) groups is 3. The van der Waals surface area contributed by atoms with Crippen LogP contribution in [0, 0.1) is 10.8 Å². The molecule has 1 aliphatic rings. The summed E-state index contributed by atoms with van der Waals surface area (Å²) in [6.07, 6.45) is -5.07. The number of rotatable bonds is 25. The minimum absolute atomic E-state index is 0.0221. The second-order valence-electron chi connectivity index (χ2n) is 17.4. The lowest BCUT2D eigenvalue weighted by Gasteiger charge is -2.46. The highest BCUT2D eigenvalue weighted by atomic mass is 32.2. The smallest absolute Gasteiger partial charge is 0.462 e. The quantitative estimate of drug-likeness (QED) is 0.0303. The van der Waals surface area contributed by atoms with E-state index in [0.717, 1.165) is 37.5 Å². The van der Waals surface area contributed by atoms with E-state index in [-0.39, 0.29) is 55.1 Å². The van der Waals surface area contributed by atoms with Crippen LogP contribution in [0.1, 0.15) is 80.1 Å². The molecule has 0 spiro atoms. The molecule has 0 aromatic heterocycles. The third-order valence-electron chi connectivity index (χ3n) is 9.50. The number of amides is 2. The van der Waals surface area contributed by atoms with Gasteiger partial charge in [0.15, 0.2) is 0 Å². The molecule has 10 nitrogen and oxygen atoms in total. The minimum Gasteiger partial charge on any atom is -0.462 e. The molecule has 0 aromatic carbocycles. The first-order chi connectivity index (χ1) is 28.9. The SMILES string of the molecule is C=CC(=O)OCCCOC(=O)NC1CC(C)(C)CC(C)(CNC(=O)SCCC[Si](C)(C)C)C1.CCO[Si](CCC(F)(F)C(F)(F)C(F)(F)C(F)(F)C(F)(F)C(F)(F)F)(OCC)OCC. The van der Waals surface area contributed by atoms with E-state index >= 15 is 0 Å². The summed E-state index contributed by atoms with van der Waals surface area (Å²) in [5.74, 6) is -36.6. The number of ether oxygens (including phenoxy) is 2. The standard InChI is InChI=1S/C24H44N2O5SSi.C14H19F13O3Si/c1-8-20(27)30-11-9-12-31-21(28)26-19-15-23(2,3)17-24(4,16-19)18-25-22(29)32-13-10-14-33(5,6)7;1-4-28-31(29-5-2,30-6-3)8-7-9(15,16)10(17,18)11(19,20)12(21,22)13(23,24)14(25,26)27/h8,19H,1,9-18H2,2-7H3,(H,25,29)(H,26,28);4-8H2,1-3H3. The maximum atomic E-state index is 13.9. The van der Waals surface area contributed by atoms with Gasteiger partial charge < -0.3 is 33.4 Å². The van der Waals surface area contributed by atoms with Gasteiger partial charge in [-0.15, -0.1) is 0 Å². The maximum Gasteiger partial charge on any atom is 0.501 e. The molecule has 1 rings (SSSR count). The molecule has 2 N–H and O–H groups in total. The molecule has 2 amide bonds. The van der Waals surface area contributed by atoms with Crippen molar-refractivity contribution in [1.82, 2.24) is 10.6 Å². The fourth-order valence-corrected chi connectivity index (χ4v) is 11.7. The number of halogens is 13. The van der Waals surface area contributed by atoms with E-state index in [1.54, 1.807) is 0 Å². The Kier molecular flexibility index (Phi) is 23.8. The van der Waals surface area contributed by atoms with Gasteiger partial charge in [-0.05, 0) is 57.3 Å². The van der Waals surface area contributed by atoms with E-state index in [2.05, 4.69) is 57.6 Å². The molecule has 1 saturated carbocycles. The number of carbonyl (C=O) groups excluding carboxylic acids is 3. The van der Waals surface area contributed by atoms with Gasteiger partial charge in [-0.2, -0.15) is 57.1 Å². The monoisotopic (exact) mass is 1010 g/mol. The molecule has 2 atom stereocenters. The molecule has 2 unspecified atom stereocenters. The van der Waals surface area contributed by atoms with Crippen molar-refractivity contribution in [2.75, 3.05) is 45.3 Å². The third kappa shape index (κ3) is 18.4. The van der Waals surface area contributed by atoms with Crippen LogP contribution in [0.25, 0.3) is 0 Å². The Labute approximate surface area is 372 Å². The van der Waals surface area contributed by atoms with Gasteiger partial charge in [-0.25, -0.2) is 9.59 Å². The summed E-state index contributed by atoms with van der Waals surface area (Å²) in [4.78, 5) is 35.6. The van der Waals surface area contributed by atoms with E-state index in [1.807, 2.05) is 0 Å². The van der Waals surface area contributed by atoms with Gasteiger partial charge >= 0.3 is 56.7 Å². The number of hydrogen-bond donors (Lipinski definition) is 2. The Balaban J connectivity index is 0.00000124. The predicted octanol–water partition coefficient (Wildman–Crippen LogP) is 11.8. The van der Waals surface area contributed by atoms with Crippen LogP contribution < -0.4 is 10.6 Å². The van der Waals surface area contributed by atoms with Crippen LogP contribution in [-0.2, 0) is 27.5 Å². The Morgan fingerprint density at radius 2 is 1.23 bits per heavy atom. The first-order valence-corrected chi connectivity index (χ1v) is 27.0. The van der Waals surface area contributed by atoms with E-state index < -0.39 is 77.2 Å². The average Bonchev–Trinajstić information content (AvgIpc) is 3.13. The second kappa shape index (κ2) is 24.6. The Hall–Kier alpha value is -2.30. The largest absolute Gasteiger partial charge is 0.501 e. The molecule has 0 bridgehead atoms. The molecule has 0 radical (unpaired) electrons. The van der Waals surface area contributed by atoms with Crippen LogP contribution in [0.15, 0.2) is 12.7 Å². The Bertz CT molecular complexity index is 1480. The van der Waals surface area contributed by atoms with Crippen LogP contribution in [0.2, 0.25) is 31.7 Å². The molecule has 1 fully saturated rings. The average molecular weight is 1010 g/mol. The summed E-state index contributed by atoms with van der Waals surface area (Å²) >= 11 is 1.38. The number of nitrogens with one attached hydrogen (secondary N) is 2. The molecule has 1 aliphatic carbocycles. The van der Waals surface area contributed by atoms with Crippen molar-refractivity contribution in [3.63, 3.8) is 0 Å². The molecule has 0 saturated heterocycles. The lowest BCUT2D eigenvalue weighted by Crippen LogP contribution is -2.70. The van der Waals surface area contributed by atoms with Gasteiger partial charge in [0.1, 0.15) is 0 Å². The van der Waals surface area contributed by atoms with E-state index in [9.17, 15) is 71.5 Å². The Morgan fingerprint density at radius 1 is 0.734 bits per heavy atom. The highest BCUT2D eigenvalue weighted by molar-refractivity contribution is 8.13.